The summed E-state index contributed by atoms with van der Waals surface area (Å²) in [6.07, 6.45) is 0. The van der Waals surface area contributed by atoms with Gasteiger partial charge in [0.2, 0.25) is 11.8 Å². The van der Waals surface area contributed by atoms with Crippen LogP contribution in [0, 0.1) is 6.92 Å². The number of nitrogens with one attached hydrogen (secondary N) is 1. The van der Waals surface area contributed by atoms with E-state index in [2.05, 4.69) is 15.5 Å². The molecule has 2 heterocycles. The molecule has 0 saturated heterocycles. The number of carbonyl (C=O) groups excluding carboxylic acids is 1. The van der Waals surface area contributed by atoms with Crippen LogP contribution in [0.25, 0.3) is 22.5 Å². The number of nitrogens with zero attached hydrogens (tertiary/aromatic N) is 3. The second kappa shape index (κ2) is 7.31. The number of aryl methyl sites for hydroxylation is 1. The van der Waals surface area contributed by atoms with E-state index < -0.39 is 0 Å². The molecular formula is C22H22N4O2. The van der Waals surface area contributed by atoms with E-state index in [9.17, 15) is 4.79 Å². The summed E-state index contributed by atoms with van der Waals surface area (Å²) in [5.41, 5.74) is 3.51. The summed E-state index contributed by atoms with van der Waals surface area (Å²) >= 11 is 0. The maximum Gasteiger partial charge on any atom is 0.264 e. The number of fused-ring (bicyclic) bond motifs is 1. The van der Waals surface area contributed by atoms with Crippen LogP contribution in [0.3, 0.4) is 0 Å². The fourth-order valence-corrected chi connectivity index (χ4v) is 3.18. The summed E-state index contributed by atoms with van der Waals surface area (Å²) in [7, 11) is 0. The summed E-state index contributed by atoms with van der Waals surface area (Å²) in [4.78, 5) is 12.8. The Morgan fingerprint density at radius 2 is 1.86 bits per heavy atom. The predicted molar refractivity (Wildman–Crippen MR) is 109 cm³/mol. The Morgan fingerprint density at radius 1 is 1.11 bits per heavy atom. The highest BCUT2D eigenvalue weighted by atomic mass is 16.4. The molecule has 1 N–H and O–H groups in total. The Morgan fingerprint density at radius 3 is 2.61 bits per heavy atom. The fourth-order valence-electron chi connectivity index (χ4n) is 3.18. The lowest BCUT2D eigenvalue weighted by Gasteiger charge is -2.11. The van der Waals surface area contributed by atoms with Gasteiger partial charge in [-0.1, -0.05) is 50.2 Å². The zero-order chi connectivity index (χ0) is 19.7. The molecular weight excluding hydrogens is 352 g/mol. The normalized spacial score (nSPS) is 11.3. The Hall–Kier alpha value is -3.41. The standard InChI is InChI=1S/C22H22N4O2/c1-14(2)21-24-25-22(28-21)19-12-16-9-5-7-11-18(16)26(19)13-20(27)23-17-10-6-4-8-15(17)3/h4-12,14H,13H2,1-3H3,(H,23,27). The van der Waals surface area contributed by atoms with E-state index in [0.717, 1.165) is 27.8 Å². The van der Waals surface area contributed by atoms with E-state index in [-0.39, 0.29) is 18.4 Å². The largest absolute Gasteiger partial charge is 0.419 e. The third-order valence-corrected chi connectivity index (χ3v) is 4.69. The van der Waals surface area contributed by atoms with Crippen molar-refractivity contribution in [1.29, 1.82) is 0 Å². The van der Waals surface area contributed by atoms with Crippen molar-refractivity contribution >= 4 is 22.5 Å². The maximum absolute atomic E-state index is 12.8. The molecule has 0 aliphatic heterocycles. The number of hydrogen-bond acceptors (Lipinski definition) is 4. The molecule has 0 saturated carbocycles. The average molecular weight is 374 g/mol. The molecule has 0 aliphatic carbocycles. The van der Waals surface area contributed by atoms with Gasteiger partial charge in [-0.2, -0.15) is 0 Å². The lowest BCUT2D eigenvalue weighted by molar-refractivity contribution is -0.116. The average Bonchev–Trinajstić information content (AvgIpc) is 3.29. The molecule has 0 bridgehead atoms. The van der Waals surface area contributed by atoms with E-state index in [0.29, 0.717) is 11.8 Å². The summed E-state index contributed by atoms with van der Waals surface area (Å²) in [6.45, 7) is 6.12. The molecule has 2 aromatic carbocycles. The molecule has 4 rings (SSSR count). The van der Waals surface area contributed by atoms with Crippen LogP contribution in [0.4, 0.5) is 5.69 Å². The Bertz CT molecular complexity index is 1140. The molecule has 0 atom stereocenters. The summed E-state index contributed by atoms with van der Waals surface area (Å²) in [5, 5.41) is 12.3. The van der Waals surface area contributed by atoms with Crippen LogP contribution in [-0.2, 0) is 11.3 Å². The number of aromatic nitrogens is 3. The first-order valence-corrected chi connectivity index (χ1v) is 9.30. The Labute approximate surface area is 163 Å². The van der Waals surface area contributed by atoms with Crippen LogP contribution in [0.5, 0.6) is 0 Å². The van der Waals surface area contributed by atoms with Crippen molar-refractivity contribution < 1.29 is 9.21 Å². The van der Waals surface area contributed by atoms with Gasteiger partial charge in [-0.3, -0.25) is 4.79 Å². The van der Waals surface area contributed by atoms with Crippen molar-refractivity contribution in [3.63, 3.8) is 0 Å². The topological polar surface area (TPSA) is 73.0 Å². The molecule has 0 aliphatic rings. The third-order valence-electron chi connectivity index (χ3n) is 4.69. The summed E-state index contributed by atoms with van der Waals surface area (Å²) in [5.74, 6) is 1.03. The van der Waals surface area contributed by atoms with Crippen molar-refractivity contribution in [3.8, 4) is 11.6 Å². The first-order chi connectivity index (χ1) is 13.5. The van der Waals surface area contributed by atoms with Crippen molar-refractivity contribution in [3.05, 3.63) is 66.1 Å². The number of rotatable bonds is 5. The summed E-state index contributed by atoms with van der Waals surface area (Å²) < 4.78 is 7.76. The molecule has 2 aromatic heterocycles. The fraction of sp³-hybridized carbons (Fsp3) is 0.227. The highest BCUT2D eigenvalue weighted by Crippen LogP contribution is 2.29. The smallest absolute Gasteiger partial charge is 0.264 e. The molecule has 0 unspecified atom stereocenters. The molecule has 28 heavy (non-hydrogen) atoms. The van der Waals surface area contributed by atoms with Crippen LogP contribution >= 0.6 is 0 Å². The number of benzene rings is 2. The highest BCUT2D eigenvalue weighted by Gasteiger charge is 2.19. The third kappa shape index (κ3) is 3.41. The Balaban J connectivity index is 1.70. The monoisotopic (exact) mass is 374 g/mol. The maximum atomic E-state index is 12.8. The molecule has 4 aromatic rings. The number of amides is 1. The number of carbonyl (C=O) groups is 1. The molecule has 0 spiro atoms. The number of para-hydroxylation sites is 2. The minimum Gasteiger partial charge on any atom is -0.419 e. The Kier molecular flexibility index (Phi) is 4.69. The van der Waals surface area contributed by atoms with Crippen LogP contribution in [0.2, 0.25) is 0 Å². The van der Waals surface area contributed by atoms with Gasteiger partial charge in [0.25, 0.3) is 5.89 Å². The predicted octanol–water partition coefficient (Wildman–Crippen LogP) is 4.76. The molecule has 142 valence electrons. The molecule has 0 radical (unpaired) electrons. The van der Waals surface area contributed by atoms with Gasteiger partial charge in [0.15, 0.2) is 0 Å². The van der Waals surface area contributed by atoms with Gasteiger partial charge in [-0.25, -0.2) is 0 Å². The quantitative estimate of drug-likeness (QED) is 0.546. The number of hydrogen-bond donors (Lipinski definition) is 1. The van der Waals surface area contributed by atoms with E-state index in [1.54, 1.807) is 0 Å². The van der Waals surface area contributed by atoms with E-state index in [4.69, 9.17) is 4.42 Å². The van der Waals surface area contributed by atoms with Gasteiger partial charge in [-0.15, -0.1) is 10.2 Å². The second-order valence-corrected chi connectivity index (χ2v) is 7.14. The zero-order valence-corrected chi connectivity index (χ0v) is 16.1. The minimum atomic E-state index is -0.111. The first-order valence-electron chi connectivity index (χ1n) is 9.30. The molecule has 1 amide bonds. The van der Waals surface area contributed by atoms with Crippen LogP contribution in [0.15, 0.2) is 59.0 Å². The van der Waals surface area contributed by atoms with Gasteiger partial charge in [0.1, 0.15) is 12.2 Å². The summed E-state index contributed by atoms with van der Waals surface area (Å²) in [6, 6.07) is 17.6. The van der Waals surface area contributed by atoms with Crippen molar-refractivity contribution in [2.24, 2.45) is 0 Å². The van der Waals surface area contributed by atoms with Crippen LogP contribution in [-0.4, -0.2) is 20.7 Å². The lowest BCUT2D eigenvalue weighted by Crippen LogP contribution is -2.19. The van der Waals surface area contributed by atoms with Crippen LogP contribution < -0.4 is 5.32 Å². The van der Waals surface area contributed by atoms with E-state index in [1.165, 1.54) is 0 Å². The van der Waals surface area contributed by atoms with Crippen molar-refractivity contribution in [2.75, 3.05) is 5.32 Å². The van der Waals surface area contributed by atoms with E-state index in [1.807, 2.05) is 79.9 Å². The van der Waals surface area contributed by atoms with Crippen molar-refractivity contribution in [1.82, 2.24) is 14.8 Å². The molecule has 6 nitrogen and oxygen atoms in total. The van der Waals surface area contributed by atoms with Gasteiger partial charge in [-0.05, 0) is 30.7 Å². The number of anilines is 1. The minimum absolute atomic E-state index is 0.111. The van der Waals surface area contributed by atoms with Gasteiger partial charge in [0, 0.05) is 22.5 Å². The van der Waals surface area contributed by atoms with Gasteiger partial charge < -0.3 is 14.3 Å². The lowest BCUT2D eigenvalue weighted by atomic mass is 10.2. The zero-order valence-electron chi connectivity index (χ0n) is 16.1. The molecule has 6 heteroatoms. The van der Waals surface area contributed by atoms with Crippen molar-refractivity contribution in [2.45, 2.75) is 33.2 Å². The second-order valence-electron chi connectivity index (χ2n) is 7.14. The van der Waals surface area contributed by atoms with Crippen LogP contribution in [0.1, 0.15) is 31.2 Å². The highest BCUT2D eigenvalue weighted by molar-refractivity contribution is 5.94. The van der Waals surface area contributed by atoms with E-state index >= 15 is 0 Å². The SMILES string of the molecule is Cc1ccccc1NC(=O)Cn1c(-c2nnc(C(C)C)o2)cc2ccccc21. The molecule has 0 fully saturated rings. The first kappa shape index (κ1) is 18.0. The van der Waals surface area contributed by atoms with Gasteiger partial charge >= 0.3 is 0 Å². The van der Waals surface area contributed by atoms with Gasteiger partial charge in [0.05, 0.1) is 0 Å².